The summed E-state index contributed by atoms with van der Waals surface area (Å²) in [4.78, 5) is 38.9. The van der Waals surface area contributed by atoms with E-state index in [0.29, 0.717) is 19.1 Å². The van der Waals surface area contributed by atoms with Crippen LogP contribution in [0.1, 0.15) is 53.8 Å². The van der Waals surface area contributed by atoms with Crippen molar-refractivity contribution in [3.63, 3.8) is 0 Å². The highest BCUT2D eigenvalue weighted by Gasteiger charge is 2.34. The molecule has 2 aromatic heterocycles. The number of pyridine rings is 1. The van der Waals surface area contributed by atoms with Crippen LogP contribution >= 0.6 is 0 Å². The molecule has 0 N–H and O–H groups in total. The van der Waals surface area contributed by atoms with Gasteiger partial charge in [-0.3, -0.25) is 14.2 Å². The molecule has 2 aromatic rings. The largest absolute Gasteiger partial charge is 0.345 e. The van der Waals surface area contributed by atoms with E-state index in [1.807, 2.05) is 4.57 Å². The summed E-state index contributed by atoms with van der Waals surface area (Å²) in [5, 5.41) is 4.46. The van der Waals surface area contributed by atoms with Crippen molar-refractivity contribution < 1.29 is 4.79 Å². The van der Waals surface area contributed by atoms with Gasteiger partial charge in [0.05, 0.1) is 0 Å². The molecule has 138 valence electrons. The maximum Gasteiger partial charge on any atom is 0.345 e. The van der Waals surface area contributed by atoms with Gasteiger partial charge in [0, 0.05) is 45.3 Å². The van der Waals surface area contributed by atoms with Gasteiger partial charge >= 0.3 is 5.69 Å². The molecule has 0 radical (unpaired) electrons. The quantitative estimate of drug-likeness (QED) is 0.807. The third kappa shape index (κ3) is 2.79. The maximum atomic E-state index is 12.7. The Morgan fingerprint density at radius 2 is 1.81 bits per heavy atom. The van der Waals surface area contributed by atoms with E-state index in [4.69, 9.17) is 0 Å². The second-order valence-electron chi connectivity index (χ2n) is 7.27. The molecule has 3 heterocycles. The Morgan fingerprint density at radius 3 is 2.46 bits per heavy atom. The minimum absolute atomic E-state index is 0.0474. The number of rotatable bonds is 3. The maximum absolute atomic E-state index is 12.7. The van der Waals surface area contributed by atoms with E-state index in [-0.39, 0.29) is 28.6 Å². The van der Waals surface area contributed by atoms with Crippen LogP contribution in [0.15, 0.2) is 27.9 Å². The lowest BCUT2D eigenvalue weighted by Crippen LogP contribution is -2.41. The summed E-state index contributed by atoms with van der Waals surface area (Å²) in [6.45, 7) is 1.13. The molecule has 4 rings (SSSR count). The summed E-state index contributed by atoms with van der Waals surface area (Å²) in [6, 6.07) is 3.59. The Labute approximate surface area is 150 Å². The van der Waals surface area contributed by atoms with Gasteiger partial charge in [0.25, 0.3) is 11.5 Å². The Bertz CT molecular complexity index is 958. The summed E-state index contributed by atoms with van der Waals surface area (Å²) in [5.41, 5.74) is -0.109. The van der Waals surface area contributed by atoms with Gasteiger partial charge in [-0.15, -0.1) is 0 Å². The molecule has 0 aromatic carbocycles. The third-order valence-electron chi connectivity index (χ3n) is 5.40. The number of aryl methyl sites for hydroxylation is 2. The SMILES string of the molecule is Cn1cccc(C(=O)N2CCC(c3nn(C)c(=O)n3C3CC3)CC2)c1=O. The molecule has 1 amide bonds. The average molecular weight is 357 g/mol. The van der Waals surface area contributed by atoms with E-state index in [1.165, 1.54) is 9.25 Å². The first-order valence-corrected chi connectivity index (χ1v) is 9.07. The van der Waals surface area contributed by atoms with Gasteiger partial charge in [-0.2, -0.15) is 5.10 Å². The van der Waals surface area contributed by atoms with Gasteiger partial charge in [-0.05, 0) is 37.8 Å². The number of amides is 1. The van der Waals surface area contributed by atoms with Crippen LogP contribution in [0.4, 0.5) is 0 Å². The Kier molecular flexibility index (Phi) is 4.05. The van der Waals surface area contributed by atoms with Crippen molar-refractivity contribution >= 4 is 5.91 Å². The first-order chi connectivity index (χ1) is 12.5. The van der Waals surface area contributed by atoms with Crippen LogP contribution in [0.3, 0.4) is 0 Å². The zero-order valence-corrected chi connectivity index (χ0v) is 15.1. The molecule has 1 aliphatic heterocycles. The smallest absolute Gasteiger partial charge is 0.338 e. The minimum atomic E-state index is -0.271. The number of carbonyl (C=O) groups is 1. The summed E-state index contributed by atoms with van der Waals surface area (Å²) < 4.78 is 4.68. The van der Waals surface area contributed by atoms with Crippen LogP contribution in [-0.4, -0.2) is 42.8 Å². The van der Waals surface area contributed by atoms with Crippen LogP contribution in [-0.2, 0) is 14.1 Å². The predicted octanol–water partition coefficient (Wildman–Crippen LogP) is 0.635. The van der Waals surface area contributed by atoms with Gasteiger partial charge in [-0.1, -0.05) is 0 Å². The molecule has 1 saturated heterocycles. The van der Waals surface area contributed by atoms with Gasteiger partial charge < -0.3 is 9.47 Å². The Morgan fingerprint density at radius 1 is 1.12 bits per heavy atom. The van der Waals surface area contributed by atoms with Gasteiger partial charge in [0.15, 0.2) is 0 Å². The van der Waals surface area contributed by atoms with Crippen LogP contribution in [0.5, 0.6) is 0 Å². The predicted molar refractivity (Wildman–Crippen MR) is 95.3 cm³/mol. The molecule has 2 aliphatic rings. The van der Waals surface area contributed by atoms with Crippen molar-refractivity contribution in [2.24, 2.45) is 14.1 Å². The number of piperidine rings is 1. The van der Waals surface area contributed by atoms with E-state index in [9.17, 15) is 14.4 Å². The lowest BCUT2D eigenvalue weighted by molar-refractivity contribution is 0.0707. The highest BCUT2D eigenvalue weighted by molar-refractivity contribution is 5.93. The fraction of sp³-hybridized carbons (Fsp3) is 0.556. The number of likely N-dealkylation sites (tertiary alicyclic amines) is 1. The van der Waals surface area contributed by atoms with Crippen molar-refractivity contribution in [2.45, 2.75) is 37.6 Å². The number of carbonyl (C=O) groups excluding carboxylic acids is 1. The van der Waals surface area contributed by atoms with Crippen LogP contribution in [0.25, 0.3) is 0 Å². The van der Waals surface area contributed by atoms with Crippen LogP contribution < -0.4 is 11.2 Å². The fourth-order valence-electron chi connectivity index (χ4n) is 3.72. The van der Waals surface area contributed by atoms with Crippen molar-refractivity contribution in [3.8, 4) is 0 Å². The van der Waals surface area contributed by atoms with Crippen LogP contribution in [0.2, 0.25) is 0 Å². The number of aromatic nitrogens is 4. The molecule has 0 spiro atoms. The van der Waals surface area contributed by atoms with Gasteiger partial charge in [0.1, 0.15) is 11.4 Å². The molecular weight excluding hydrogens is 334 g/mol. The topological polar surface area (TPSA) is 82.1 Å². The fourth-order valence-corrected chi connectivity index (χ4v) is 3.72. The van der Waals surface area contributed by atoms with Crippen molar-refractivity contribution in [1.29, 1.82) is 0 Å². The molecule has 0 unspecified atom stereocenters. The lowest BCUT2D eigenvalue weighted by Gasteiger charge is -2.31. The van der Waals surface area contributed by atoms with E-state index in [1.54, 1.807) is 37.3 Å². The third-order valence-corrected chi connectivity index (χ3v) is 5.40. The van der Waals surface area contributed by atoms with Crippen molar-refractivity contribution in [2.75, 3.05) is 13.1 Å². The highest BCUT2D eigenvalue weighted by atomic mass is 16.2. The average Bonchev–Trinajstić information content (AvgIpc) is 3.43. The lowest BCUT2D eigenvalue weighted by atomic mass is 9.95. The number of hydrogen-bond donors (Lipinski definition) is 0. The van der Waals surface area contributed by atoms with E-state index >= 15 is 0 Å². The zero-order chi connectivity index (χ0) is 18.4. The van der Waals surface area contributed by atoms with E-state index < -0.39 is 0 Å². The molecular formula is C18H23N5O3. The summed E-state index contributed by atoms with van der Waals surface area (Å²) in [6.07, 6.45) is 5.22. The monoisotopic (exact) mass is 357 g/mol. The summed E-state index contributed by atoms with van der Waals surface area (Å²) >= 11 is 0. The van der Waals surface area contributed by atoms with Gasteiger partial charge in [0.2, 0.25) is 0 Å². The molecule has 26 heavy (non-hydrogen) atoms. The number of nitrogens with zero attached hydrogens (tertiary/aromatic N) is 5. The first-order valence-electron chi connectivity index (χ1n) is 9.07. The molecule has 1 saturated carbocycles. The summed E-state index contributed by atoms with van der Waals surface area (Å²) in [5.74, 6) is 0.806. The molecule has 8 heteroatoms. The summed E-state index contributed by atoms with van der Waals surface area (Å²) in [7, 11) is 3.33. The van der Waals surface area contributed by atoms with Crippen molar-refractivity contribution in [1.82, 2.24) is 23.8 Å². The van der Waals surface area contributed by atoms with Crippen molar-refractivity contribution in [3.05, 3.63) is 50.6 Å². The van der Waals surface area contributed by atoms with E-state index in [2.05, 4.69) is 5.10 Å². The standard InChI is InChI=1S/C18H23N5O3/c1-20-9-3-4-14(16(20)24)17(25)22-10-7-12(8-11-22)15-19-21(2)18(26)23(15)13-5-6-13/h3-4,9,12-13H,5-8,10-11H2,1-2H3. The second-order valence-corrected chi connectivity index (χ2v) is 7.27. The highest BCUT2D eigenvalue weighted by Crippen LogP contribution is 2.37. The normalized spacial score (nSPS) is 18.3. The van der Waals surface area contributed by atoms with E-state index in [0.717, 1.165) is 31.5 Å². The molecule has 0 atom stereocenters. The second kappa shape index (κ2) is 6.26. The molecule has 8 nitrogen and oxygen atoms in total. The zero-order valence-electron chi connectivity index (χ0n) is 15.1. The molecule has 1 aliphatic carbocycles. The van der Waals surface area contributed by atoms with Crippen LogP contribution in [0, 0.1) is 0 Å². The Hall–Kier alpha value is -2.64. The number of hydrogen-bond acceptors (Lipinski definition) is 4. The molecule has 0 bridgehead atoms. The first kappa shape index (κ1) is 16.8. The molecule has 2 fully saturated rings. The minimum Gasteiger partial charge on any atom is -0.338 e. The van der Waals surface area contributed by atoms with Gasteiger partial charge in [-0.25, -0.2) is 9.48 Å². The Balaban J connectivity index is 1.51.